The molecule has 0 saturated carbocycles. The second-order valence-electron chi connectivity index (χ2n) is 7.79. The quantitative estimate of drug-likeness (QED) is 0.439. The van der Waals surface area contributed by atoms with E-state index in [1.165, 1.54) is 44.2 Å². The Kier molecular flexibility index (Phi) is 7.20. The van der Waals surface area contributed by atoms with Crippen LogP contribution in [0.3, 0.4) is 0 Å². The van der Waals surface area contributed by atoms with Crippen LogP contribution in [-0.2, 0) is 33.1 Å². The van der Waals surface area contributed by atoms with E-state index in [0.717, 1.165) is 23.3 Å². The predicted octanol–water partition coefficient (Wildman–Crippen LogP) is 3.93. The van der Waals surface area contributed by atoms with Crippen LogP contribution in [0.5, 0.6) is 5.75 Å². The van der Waals surface area contributed by atoms with Gasteiger partial charge in [0.15, 0.2) is 0 Å². The van der Waals surface area contributed by atoms with Crippen molar-refractivity contribution in [2.45, 2.75) is 35.7 Å². The maximum Gasteiger partial charge on any atom is 0.243 e. The molecular formula is C23H26N2O5S3. The minimum absolute atomic E-state index is 0.0577. The fraction of sp³-hybridized carbons (Fsp3) is 0.304. The smallest absolute Gasteiger partial charge is 0.243 e. The maximum atomic E-state index is 13.6. The second-order valence-corrected chi connectivity index (χ2v) is 12.7. The van der Waals surface area contributed by atoms with Gasteiger partial charge in [-0.3, -0.25) is 0 Å². The second kappa shape index (κ2) is 9.94. The van der Waals surface area contributed by atoms with E-state index in [0.29, 0.717) is 18.8 Å². The number of methoxy groups -OCH3 is 1. The van der Waals surface area contributed by atoms with Crippen molar-refractivity contribution in [3.63, 3.8) is 0 Å². The van der Waals surface area contributed by atoms with Crippen LogP contribution >= 0.6 is 11.3 Å². The molecule has 2 aromatic carbocycles. The summed E-state index contributed by atoms with van der Waals surface area (Å²) in [4.78, 5) is 1.08. The SMILES string of the molecule is COc1cccc(CN(Cc2cccs2)S(=O)(=O)c2ccc(S(=O)(=O)N3CCCC3)cc2)c1. The van der Waals surface area contributed by atoms with Crippen LogP contribution in [0.1, 0.15) is 23.3 Å². The topological polar surface area (TPSA) is 84.0 Å². The molecule has 0 unspecified atom stereocenters. The number of thiophene rings is 1. The van der Waals surface area contributed by atoms with Gasteiger partial charge in [0.25, 0.3) is 0 Å². The Morgan fingerprint density at radius 2 is 1.61 bits per heavy atom. The van der Waals surface area contributed by atoms with Gasteiger partial charge in [0.05, 0.1) is 16.9 Å². The highest BCUT2D eigenvalue weighted by Crippen LogP contribution is 2.27. The molecule has 0 aliphatic carbocycles. The number of hydrogen-bond acceptors (Lipinski definition) is 6. The fourth-order valence-corrected chi connectivity index (χ4v) is 7.51. The first kappa shape index (κ1) is 23.9. The van der Waals surface area contributed by atoms with E-state index in [1.807, 2.05) is 35.7 Å². The number of hydrogen-bond donors (Lipinski definition) is 0. The van der Waals surface area contributed by atoms with Gasteiger partial charge in [0.1, 0.15) is 5.75 Å². The van der Waals surface area contributed by atoms with Crippen molar-refractivity contribution in [2.75, 3.05) is 20.2 Å². The van der Waals surface area contributed by atoms with Crippen LogP contribution in [0.15, 0.2) is 75.8 Å². The number of ether oxygens (including phenoxy) is 1. The van der Waals surface area contributed by atoms with E-state index >= 15 is 0 Å². The molecule has 0 amide bonds. The zero-order chi connectivity index (χ0) is 23.5. The van der Waals surface area contributed by atoms with Gasteiger partial charge >= 0.3 is 0 Å². The predicted molar refractivity (Wildman–Crippen MR) is 128 cm³/mol. The highest BCUT2D eigenvalue weighted by Gasteiger charge is 2.29. The molecule has 1 saturated heterocycles. The first-order valence-corrected chi connectivity index (χ1v) is 14.3. The van der Waals surface area contributed by atoms with Gasteiger partial charge in [-0.15, -0.1) is 11.3 Å². The molecule has 0 radical (unpaired) electrons. The van der Waals surface area contributed by atoms with Gasteiger partial charge in [0.2, 0.25) is 20.0 Å². The number of nitrogens with zero attached hydrogens (tertiary/aromatic N) is 2. The molecule has 0 atom stereocenters. The Morgan fingerprint density at radius 3 is 2.24 bits per heavy atom. The Bertz CT molecular complexity index is 1280. The minimum atomic E-state index is -3.89. The van der Waals surface area contributed by atoms with Crippen molar-refractivity contribution in [2.24, 2.45) is 0 Å². The third-order valence-corrected chi connectivity index (χ3v) is 10.1. The maximum absolute atomic E-state index is 13.6. The van der Waals surface area contributed by atoms with Crippen molar-refractivity contribution in [1.29, 1.82) is 0 Å². The summed E-state index contributed by atoms with van der Waals surface area (Å²) in [5, 5.41) is 1.91. The molecule has 1 aliphatic heterocycles. The molecule has 4 rings (SSSR count). The standard InChI is InChI=1S/C23H26N2O5S3/c1-30-20-7-4-6-19(16-20)17-25(18-21-8-5-15-31-21)33(28,29)23-11-9-22(10-12-23)32(26,27)24-13-2-3-14-24/h4-12,15-16H,2-3,13-14,17-18H2,1H3. The minimum Gasteiger partial charge on any atom is -0.497 e. The molecular weight excluding hydrogens is 480 g/mol. The van der Waals surface area contributed by atoms with Crippen LogP contribution in [0, 0.1) is 0 Å². The molecule has 33 heavy (non-hydrogen) atoms. The van der Waals surface area contributed by atoms with Crippen molar-refractivity contribution in [3.8, 4) is 5.75 Å². The van der Waals surface area contributed by atoms with Gasteiger partial charge in [-0.05, 0) is 66.2 Å². The summed E-state index contributed by atoms with van der Waals surface area (Å²) in [7, 11) is -5.92. The van der Waals surface area contributed by atoms with Crippen molar-refractivity contribution < 1.29 is 21.6 Å². The van der Waals surface area contributed by atoms with Gasteiger partial charge < -0.3 is 4.74 Å². The van der Waals surface area contributed by atoms with E-state index in [-0.39, 0.29) is 22.9 Å². The third kappa shape index (κ3) is 5.30. The molecule has 0 N–H and O–H groups in total. The van der Waals surface area contributed by atoms with Crippen LogP contribution in [0.2, 0.25) is 0 Å². The molecule has 0 bridgehead atoms. The van der Waals surface area contributed by atoms with Crippen molar-refractivity contribution in [1.82, 2.24) is 8.61 Å². The van der Waals surface area contributed by atoms with Crippen LogP contribution in [0.4, 0.5) is 0 Å². The molecule has 176 valence electrons. The van der Waals surface area contributed by atoms with Crippen LogP contribution in [0.25, 0.3) is 0 Å². The van der Waals surface area contributed by atoms with Crippen molar-refractivity contribution >= 4 is 31.4 Å². The Morgan fingerprint density at radius 1 is 0.909 bits per heavy atom. The summed E-state index contributed by atoms with van der Waals surface area (Å²) in [5.74, 6) is 0.650. The molecule has 2 heterocycles. The van der Waals surface area contributed by atoms with Gasteiger partial charge in [0, 0.05) is 31.1 Å². The lowest BCUT2D eigenvalue weighted by Crippen LogP contribution is -2.30. The Balaban J connectivity index is 1.64. The summed E-state index contributed by atoms with van der Waals surface area (Å²) in [5.41, 5.74) is 0.794. The van der Waals surface area contributed by atoms with E-state index < -0.39 is 20.0 Å². The van der Waals surface area contributed by atoms with Crippen LogP contribution in [-0.4, -0.2) is 45.6 Å². The summed E-state index contributed by atoms with van der Waals surface area (Å²) < 4.78 is 60.9. The van der Waals surface area contributed by atoms with Gasteiger partial charge in [-0.1, -0.05) is 18.2 Å². The lowest BCUT2D eigenvalue weighted by Gasteiger charge is -2.22. The number of sulfonamides is 2. The lowest BCUT2D eigenvalue weighted by atomic mass is 10.2. The molecule has 0 spiro atoms. The monoisotopic (exact) mass is 506 g/mol. The highest BCUT2D eigenvalue weighted by atomic mass is 32.2. The first-order chi connectivity index (χ1) is 15.8. The largest absolute Gasteiger partial charge is 0.497 e. The molecule has 3 aromatic rings. The van der Waals surface area contributed by atoms with E-state index in [2.05, 4.69) is 0 Å². The van der Waals surface area contributed by atoms with Gasteiger partial charge in [-0.2, -0.15) is 8.61 Å². The van der Waals surface area contributed by atoms with E-state index in [9.17, 15) is 16.8 Å². The average molecular weight is 507 g/mol. The molecule has 1 aromatic heterocycles. The Labute approximate surface area is 199 Å². The fourth-order valence-electron chi connectivity index (χ4n) is 3.79. The normalized spacial score (nSPS) is 15.2. The van der Waals surface area contributed by atoms with Crippen LogP contribution < -0.4 is 4.74 Å². The highest BCUT2D eigenvalue weighted by molar-refractivity contribution is 7.89. The zero-order valence-corrected chi connectivity index (χ0v) is 20.7. The van der Waals surface area contributed by atoms with Gasteiger partial charge in [-0.25, -0.2) is 16.8 Å². The molecule has 7 nitrogen and oxygen atoms in total. The summed E-state index contributed by atoms with van der Waals surface area (Å²) in [6.45, 7) is 1.37. The summed E-state index contributed by atoms with van der Waals surface area (Å²) >= 11 is 1.49. The molecule has 10 heteroatoms. The molecule has 1 fully saturated rings. The third-order valence-electron chi connectivity index (χ3n) is 5.57. The van der Waals surface area contributed by atoms with E-state index in [1.54, 1.807) is 13.2 Å². The lowest BCUT2D eigenvalue weighted by molar-refractivity contribution is 0.397. The summed E-state index contributed by atoms with van der Waals surface area (Å²) in [6.07, 6.45) is 1.68. The first-order valence-electron chi connectivity index (χ1n) is 10.6. The molecule has 1 aliphatic rings. The van der Waals surface area contributed by atoms with Crippen molar-refractivity contribution in [3.05, 3.63) is 76.5 Å². The average Bonchev–Trinajstić information content (AvgIpc) is 3.54. The number of rotatable bonds is 9. The zero-order valence-electron chi connectivity index (χ0n) is 18.3. The Hall–Kier alpha value is -2.24. The van der Waals surface area contributed by atoms with E-state index in [4.69, 9.17) is 4.74 Å². The summed E-state index contributed by atoms with van der Waals surface area (Å²) in [6, 6.07) is 16.6. The number of benzene rings is 2.